The third kappa shape index (κ3) is 5.18. The topological polar surface area (TPSA) is 79.9 Å². The van der Waals surface area contributed by atoms with E-state index in [1.54, 1.807) is 24.3 Å². The Morgan fingerprint density at radius 3 is 2.47 bits per heavy atom. The van der Waals surface area contributed by atoms with Crippen molar-refractivity contribution in [2.24, 2.45) is 16.8 Å². The van der Waals surface area contributed by atoms with Crippen LogP contribution >= 0.6 is 0 Å². The summed E-state index contributed by atoms with van der Waals surface area (Å²) in [6.45, 7) is 7.95. The van der Waals surface area contributed by atoms with E-state index in [-0.39, 0.29) is 5.84 Å². The predicted octanol–water partition coefficient (Wildman–Crippen LogP) is 1.79. The van der Waals surface area contributed by atoms with Crippen LogP contribution in [0.3, 0.4) is 0 Å². The molecule has 0 aliphatic carbocycles. The summed E-state index contributed by atoms with van der Waals surface area (Å²) in [6.07, 6.45) is 0. The Balaban J connectivity index is 2.34. The van der Waals surface area contributed by atoms with E-state index >= 15 is 0 Å². The van der Waals surface area contributed by atoms with Crippen LogP contribution in [0.2, 0.25) is 0 Å². The molecule has 1 atom stereocenters. The highest BCUT2D eigenvalue weighted by molar-refractivity contribution is 5.97. The first-order valence-corrected chi connectivity index (χ1v) is 6.48. The second-order valence-corrected chi connectivity index (χ2v) is 4.84. The highest BCUT2D eigenvalue weighted by atomic mass is 16.5. The van der Waals surface area contributed by atoms with Crippen LogP contribution in [0.5, 0.6) is 5.75 Å². The van der Waals surface area contributed by atoms with E-state index in [9.17, 15) is 0 Å². The van der Waals surface area contributed by atoms with E-state index in [1.165, 1.54) is 0 Å². The Bertz CT molecular complexity index is 402. The third-order valence-corrected chi connectivity index (χ3v) is 3.09. The second kappa shape index (κ2) is 7.63. The minimum Gasteiger partial charge on any atom is -0.492 e. The quantitative estimate of drug-likeness (QED) is 0.231. The molecule has 0 saturated carbocycles. The first-order chi connectivity index (χ1) is 9.04. The summed E-state index contributed by atoms with van der Waals surface area (Å²) in [5, 5.41) is 14.9. The average molecular weight is 265 g/mol. The van der Waals surface area contributed by atoms with Crippen LogP contribution in [0, 0.1) is 5.92 Å². The fourth-order valence-corrected chi connectivity index (χ4v) is 1.47. The van der Waals surface area contributed by atoms with Gasteiger partial charge >= 0.3 is 0 Å². The first-order valence-electron chi connectivity index (χ1n) is 6.48. The van der Waals surface area contributed by atoms with Crippen molar-refractivity contribution in [1.82, 2.24) is 5.32 Å². The van der Waals surface area contributed by atoms with Gasteiger partial charge in [-0.2, -0.15) is 0 Å². The lowest BCUT2D eigenvalue weighted by Gasteiger charge is -2.17. The smallest absolute Gasteiger partial charge is 0.170 e. The van der Waals surface area contributed by atoms with Crippen LogP contribution in [-0.4, -0.2) is 30.2 Å². The molecule has 0 aliphatic rings. The van der Waals surface area contributed by atoms with Crippen LogP contribution in [0.1, 0.15) is 26.3 Å². The summed E-state index contributed by atoms with van der Waals surface area (Å²) < 4.78 is 5.60. The molecule has 4 N–H and O–H groups in total. The number of hydrogen-bond acceptors (Lipinski definition) is 4. The largest absolute Gasteiger partial charge is 0.492 e. The maximum absolute atomic E-state index is 8.55. The molecule has 0 amide bonds. The number of oxime groups is 1. The normalized spacial score (nSPS) is 13.6. The average Bonchev–Trinajstić information content (AvgIpc) is 2.43. The van der Waals surface area contributed by atoms with Crippen LogP contribution < -0.4 is 15.8 Å². The molecule has 0 bridgehead atoms. The fourth-order valence-electron chi connectivity index (χ4n) is 1.47. The molecule has 0 aliphatic heterocycles. The van der Waals surface area contributed by atoms with Crippen LogP contribution in [0.4, 0.5) is 0 Å². The van der Waals surface area contributed by atoms with Gasteiger partial charge in [-0.05, 0) is 37.1 Å². The van der Waals surface area contributed by atoms with Crippen molar-refractivity contribution in [2.45, 2.75) is 26.8 Å². The lowest BCUT2D eigenvalue weighted by molar-refractivity contribution is 0.297. The maximum atomic E-state index is 8.55. The Hall–Kier alpha value is -1.75. The number of ether oxygens (including phenoxy) is 1. The molecule has 0 heterocycles. The van der Waals surface area contributed by atoms with Crippen molar-refractivity contribution >= 4 is 5.84 Å². The van der Waals surface area contributed by atoms with Crippen molar-refractivity contribution in [3.63, 3.8) is 0 Å². The molecule has 1 unspecified atom stereocenters. The fraction of sp³-hybridized carbons (Fsp3) is 0.500. The standard InChI is InChI=1S/C14H23N3O2/c1-10(2)11(3)16-8-9-19-13-6-4-12(5-7-13)14(15)17-18/h4-7,10-11,16,18H,8-9H2,1-3H3,(H2,15,17). The molecule has 0 radical (unpaired) electrons. The number of hydrogen-bond donors (Lipinski definition) is 3. The van der Waals surface area contributed by atoms with Gasteiger partial charge in [-0.1, -0.05) is 19.0 Å². The van der Waals surface area contributed by atoms with Gasteiger partial charge in [0.25, 0.3) is 0 Å². The molecule has 0 aromatic heterocycles. The van der Waals surface area contributed by atoms with Gasteiger partial charge < -0.3 is 21.0 Å². The number of nitrogens with two attached hydrogens (primary N) is 1. The van der Waals surface area contributed by atoms with Crippen LogP contribution in [0.15, 0.2) is 29.4 Å². The Labute approximate surface area is 114 Å². The van der Waals surface area contributed by atoms with Crippen molar-refractivity contribution in [2.75, 3.05) is 13.2 Å². The van der Waals surface area contributed by atoms with Gasteiger partial charge in [-0.3, -0.25) is 0 Å². The molecule has 5 nitrogen and oxygen atoms in total. The number of rotatable bonds is 7. The van der Waals surface area contributed by atoms with Crippen LogP contribution in [0.25, 0.3) is 0 Å². The summed E-state index contributed by atoms with van der Waals surface area (Å²) in [7, 11) is 0. The van der Waals surface area contributed by atoms with Gasteiger partial charge in [0, 0.05) is 18.2 Å². The molecule has 1 aromatic rings. The predicted molar refractivity (Wildman–Crippen MR) is 76.8 cm³/mol. The minimum absolute atomic E-state index is 0.0963. The number of amidine groups is 1. The molecular weight excluding hydrogens is 242 g/mol. The molecule has 0 fully saturated rings. The highest BCUT2D eigenvalue weighted by Crippen LogP contribution is 2.11. The zero-order valence-electron chi connectivity index (χ0n) is 11.8. The number of nitrogens with one attached hydrogen (secondary N) is 1. The molecule has 106 valence electrons. The molecular formula is C14H23N3O2. The number of benzene rings is 1. The lowest BCUT2D eigenvalue weighted by atomic mass is 10.1. The van der Waals surface area contributed by atoms with E-state index < -0.39 is 0 Å². The Morgan fingerprint density at radius 1 is 1.32 bits per heavy atom. The molecule has 5 heteroatoms. The maximum Gasteiger partial charge on any atom is 0.170 e. The van der Waals surface area contributed by atoms with Gasteiger partial charge in [0.2, 0.25) is 0 Å². The molecule has 0 spiro atoms. The summed E-state index contributed by atoms with van der Waals surface area (Å²) in [6, 6.07) is 7.60. The van der Waals surface area contributed by atoms with Crippen molar-refractivity contribution in [1.29, 1.82) is 0 Å². The van der Waals surface area contributed by atoms with E-state index in [4.69, 9.17) is 15.7 Å². The molecule has 1 aromatic carbocycles. The molecule has 19 heavy (non-hydrogen) atoms. The first kappa shape index (κ1) is 15.3. The van der Waals surface area contributed by atoms with Crippen LogP contribution in [-0.2, 0) is 0 Å². The van der Waals surface area contributed by atoms with E-state index in [0.29, 0.717) is 24.1 Å². The molecule has 1 rings (SSSR count). The Kier molecular flexibility index (Phi) is 6.15. The van der Waals surface area contributed by atoms with Crippen molar-refractivity contribution in [3.8, 4) is 5.75 Å². The molecule has 0 saturated heterocycles. The van der Waals surface area contributed by atoms with Gasteiger partial charge in [0.15, 0.2) is 5.84 Å². The second-order valence-electron chi connectivity index (χ2n) is 4.84. The van der Waals surface area contributed by atoms with Crippen molar-refractivity contribution in [3.05, 3.63) is 29.8 Å². The van der Waals surface area contributed by atoms with Gasteiger partial charge in [0.1, 0.15) is 12.4 Å². The summed E-state index contributed by atoms with van der Waals surface area (Å²) >= 11 is 0. The highest BCUT2D eigenvalue weighted by Gasteiger charge is 2.05. The monoisotopic (exact) mass is 265 g/mol. The van der Waals surface area contributed by atoms with Gasteiger partial charge in [-0.25, -0.2) is 0 Å². The van der Waals surface area contributed by atoms with E-state index in [0.717, 1.165) is 12.3 Å². The van der Waals surface area contributed by atoms with Crippen molar-refractivity contribution < 1.29 is 9.94 Å². The lowest BCUT2D eigenvalue weighted by Crippen LogP contribution is -2.33. The SMILES string of the molecule is CC(C)C(C)NCCOc1ccc(C(N)=NO)cc1. The zero-order chi connectivity index (χ0) is 14.3. The van der Waals surface area contributed by atoms with Gasteiger partial charge in [0.05, 0.1) is 0 Å². The Morgan fingerprint density at radius 2 is 1.95 bits per heavy atom. The number of nitrogens with zero attached hydrogens (tertiary/aromatic N) is 1. The van der Waals surface area contributed by atoms with E-state index in [1.807, 2.05) is 0 Å². The van der Waals surface area contributed by atoms with E-state index in [2.05, 4.69) is 31.2 Å². The summed E-state index contributed by atoms with van der Waals surface area (Å²) in [5.41, 5.74) is 6.14. The summed E-state index contributed by atoms with van der Waals surface area (Å²) in [5.74, 6) is 1.48. The van der Waals surface area contributed by atoms with Gasteiger partial charge in [-0.15, -0.1) is 0 Å². The summed E-state index contributed by atoms with van der Waals surface area (Å²) in [4.78, 5) is 0. The third-order valence-electron chi connectivity index (χ3n) is 3.09. The zero-order valence-corrected chi connectivity index (χ0v) is 11.8. The minimum atomic E-state index is 0.0963.